The Labute approximate surface area is 205 Å². The number of hydrogen-bond donors (Lipinski definition) is 1. The van der Waals surface area contributed by atoms with Crippen molar-refractivity contribution in [3.63, 3.8) is 0 Å². The van der Waals surface area contributed by atoms with Gasteiger partial charge in [-0.05, 0) is 48.9 Å². The summed E-state index contributed by atoms with van der Waals surface area (Å²) < 4.78 is 18.9. The van der Waals surface area contributed by atoms with E-state index in [0.717, 1.165) is 5.56 Å². The molecule has 1 N–H and O–H groups in total. The van der Waals surface area contributed by atoms with Crippen LogP contribution in [0.2, 0.25) is 0 Å². The Bertz CT molecular complexity index is 1350. The van der Waals surface area contributed by atoms with Gasteiger partial charge in [0, 0.05) is 11.3 Å². The molecule has 1 saturated heterocycles. The summed E-state index contributed by atoms with van der Waals surface area (Å²) in [5.41, 5.74) is 2.94. The summed E-state index contributed by atoms with van der Waals surface area (Å²) in [5, 5.41) is 2.81. The lowest BCUT2D eigenvalue weighted by Crippen LogP contribution is -2.50. The standard InChI is InChI=1S/C26H22FN3O4S/c1-16-6-5-7-19-24(16)29(14-22(31)28-20-8-3-4-9-21(20)34-2)25(33)26(19)30(23(32)15-35-26)18-12-10-17(27)11-13-18/h3-13H,14-15H2,1-2H3,(H,28,31)/t26-/m1/s1. The summed E-state index contributed by atoms with van der Waals surface area (Å²) >= 11 is 1.21. The van der Waals surface area contributed by atoms with Gasteiger partial charge in [-0.15, -0.1) is 11.8 Å². The summed E-state index contributed by atoms with van der Waals surface area (Å²) in [4.78, 5) is 41.7. The number of fused-ring (bicyclic) bond motifs is 2. The maximum atomic E-state index is 14.1. The molecule has 0 aromatic heterocycles. The number of aryl methyl sites for hydroxylation is 1. The van der Waals surface area contributed by atoms with E-state index in [1.165, 1.54) is 52.9 Å². The van der Waals surface area contributed by atoms with Crippen LogP contribution in [0.4, 0.5) is 21.5 Å². The molecular weight excluding hydrogens is 469 g/mol. The molecule has 0 bridgehead atoms. The highest BCUT2D eigenvalue weighted by Gasteiger charge is 2.61. The van der Waals surface area contributed by atoms with Crippen molar-refractivity contribution in [3.05, 3.63) is 83.7 Å². The van der Waals surface area contributed by atoms with Crippen molar-refractivity contribution < 1.29 is 23.5 Å². The highest BCUT2D eigenvalue weighted by Crippen LogP contribution is 2.56. The zero-order chi connectivity index (χ0) is 24.7. The molecule has 1 atom stereocenters. The number of anilines is 3. The maximum absolute atomic E-state index is 14.1. The largest absolute Gasteiger partial charge is 0.495 e. The van der Waals surface area contributed by atoms with E-state index in [1.807, 2.05) is 19.1 Å². The monoisotopic (exact) mass is 491 g/mol. The number of para-hydroxylation sites is 3. The molecule has 7 nitrogen and oxygen atoms in total. The van der Waals surface area contributed by atoms with Crippen LogP contribution in [0.3, 0.4) is 0 Å². The number of methoxy groups -OCH3 is 1. The van der Waals surface area contributed by atoms with Crippen molar-refractivity contribution in [3.8, 4) is 5.75 Å². The Morgan fingerprint density at radius 2 is 1.83 bits per heavy atom. The first-order chi connectivity index (χ1) is 16.9. The van der Waals surface area contributed by atoms with Gasteiger partial charge in [0.15, 0.2) is 0 Å². The van der Waals surface area contributed by atoms with Crippen LogP contribution < -0.4 is 19.9 Å². The Kier molecular flexibility index (Phi) is 5.72. The molecule has 0 radical (unpaired) electrons. The van der Waals surface area contributed by atoms with Gasteiger partial charge in [-0.25, -0.2) is 4.39 Å². The van der Waals surface area contributed by atoms with Crippen LogP contribution in [0.25, 0.3) is 0 Å². The third-order valence-corrected chi connectivity index (χ3v) is 7.53. The van der Waals surface area contributed by atoms with Gasteiger partial charge in [-0.1, -0.05) is 30.3 Å². The van der Waals surface area contributed by atoms with Gasteiger partial charge >= 0.3 is 0 Å². The predicted octanol–water partition coefficient (Wildman–Crippen LogP) is 4.06. The fraction of sp³-hybridized carbons (Fsp3) is 0.192. The first kappa shape index (κ1) is 22.9. The minimum Gasteiger partial charge on any atom is -0.495 e. The van der Waals surface area contributed by atoms with Crippen molar-refractivity contribution in [2.45, 2.75) is 11.8 Å². The van der Waals surface area contributed by atoms with Gasteiger partial charge in [-0.3, -0.25) is 24.2 Å². The minimum atomic E-state index is -1.37. The van der Waals surface area contributed by atoms with Crippen molar-refractivity contribution in [1.29, 1.82) is 0 Å². The predicted molar refractivity (Wildman–Crippen MR) is 133 cm³/mol. The SMILES string of the molecule is COc1ccccc1NC(=O)CN1C(=O)[C@]2(SCC(=O)N2c2ccc(F)cc2)c2cccc(C)c21. The quantitative estimate of drug-likeness (QED) is 0.582. The molecule has 2 aliphatic rings. The minimum absolute atomic E-state index is 0.0811. The lowest BCUT2D eigenvalue weighted by molar-refractivity contribution is -0.124. The highest BCUT2D eigenvalue weighted by atomic mass is 32.2. The molecule has 178 valence electrons. The fourth-order valence-corrected chi connectivity index (χ4v) is 6.02. The topological polar surface area (TPSA) is 79.0 Å². The summed E-state index contributed by atoms with van der Waals surface area (Å²) in [6, 6.07) is 18.0. The Hall–Kier alpha value is -3.85. The Balaban J connectivity index is 1.54. The summed E-state index contributed by atoms with van der Waals surface area (Å²) in [7, 11) is 1.51. The van der Waals surface area contributed by atoms with Gasteiger partial charge in [0.25, 0.3) is 5.91 Å². The van der Waals surface area contributed by atoms with Crippen LogP contribution in [-0.4, -0.2) is 37.1 Å². The number of amides is 3. The molecule has 5 rings (SSSR count). The normalized spacial score (nSPS) is 18.8. The molecule has 1 spiro atoms. The molecular formula is C26H22FN3O4S. The van der Waals surface area contributed by atoms with Gasteiger partial charge < -0.3 is 10.1 Å². The van der Waals surface area contributed by atoms with Crippen molar-refractivity contribution in [1.82, 2.24) is 0 Å². The third-order valence-electron chi connectivity index (χ3n) is 6.14. The number of thioether (sulfide) groups is 1. The lowest BCUT2D eigenvalue weighted by Gasteiger charge is -2.33. The molecule has 3 aromatic carbocycles. The van der Waals surface area contributed by atoms with Crippen LogP contribution in [0.1, 0.15) is 11.1 Å². The second-order valence-corrected chi connectivity index (χ2v) is 9.42. The van der Waals surface area contributed by atoms with Crippen LogP contribution >= 0.6 is 11.8 Å². The van der Waals surface area contributed by atoms with E-state index in [4.69, 9.17) is 4.74 Å². The number of benzene rings is 3. The van der Waals surface area contributed by atoms with Gasteiger partial charge in [0.2, 0.25) is 16.7 Å². The zero-order valence-corrected chi connectivity index (χ0v) is 19.9. The number of nitrogens with one attached hydrogen (secondary N) is 1. The number of nitrogens with zero attached hydrogens (tertiary/aromatic N) is 2. The molecule has 0 unspecified atom stereocenters. The van der Waals surface area contributed by atoms with Gasteiger partial charge in [0.05, 0.1) is 24.2 Å². The van der Waals surface area contributed by atoms with Gasteiger partial charge in [0.1, 0.15) is 18.1 Å². The average Bonchev–Trinajstić information content (AvgIpc) is 3.31. The number of halogens is 1. The summed E-state index contributed by atoms with van der Waals surface area (Å²) in [5.74, 6) is -0.916. The van der Waals surface area contributed by atoms with Crippen molar-refractivity contribution in [2.24, 2.45) is 0 Å². The maximum Gasteiger partial charge on any atom is 0.269 e. The average molecular weight is 492 g/mol. The second kappa shape index (κ2) is 8.74. The Morgan fingerprint density at radius 3 is 2.57 bits per heavy atom. The number of ether oxygens (including phenoxy) is 1. The molecule has 0 aliphatic carbocycles. The highest BCUT2D eigenvalue weighted by molar-refractivity contribution is 8.02. The van der Waals surface area contributed by atoms with E-state index in [0.29, 0.717) is 28.4 Å². The van der Waals surface area contributed by atoms with E-state index in [9.17, 15) is 18.8 Å². The molecule has 35 heavy (non-hydrogen) atoms. The number of carbonyl (C=O) groups is 3. The van der Waals surface area contributed by atoms with Crippen molar-refractivity contribution in [2.75, 3.05) is 34.5 Å². The van der Waals surface area contributed by atoms with E-state index in [-0.39, 0.29) is 18.2 Å². The summed E-state index contributed by atoms with van der Waals surface area (Å²) in [6.45, 7) is 1.61. The van der Waals surface area contributed by atoms with Gasteiger partial charge in [-0.2, -0.15) is 0 Å². The van der Waals surface area contributed by atoms with Crippen LogP contribution in [0, 0.1) is 12.7 Å². The van der Waals surface area contributed by atoms with Crippen LogP contribution in [0.15, 0.2) is 66.7 Å². The molecule has 3 amide bonds. The van der Waals surface area contributed by atoms with Crippen molar-refractivity contribution >= 4 is 46.5 Å². The van der Waals surface area contributed by atoms with Crippen LogP contribution in [0.5, 0.6) is 5.75 Å². The molecule has 2 aliphatic heterocycles. The molecule has 0 saturated carbocycles. The van der Waals surface area contributed by atoms with E-state index in [1.54, 1.807) is 30.3 Å². The summed E-state index contributed by atoms with van der Waals surface area (Å²) in [6.07, 6.45) is 0. The number of carbonyl (C=O) groups excluding carboxylic acids is 3. The first-order valence-electron chi connectivity index (χ1n) is 10.9. The molecule has 2 heterocycles. The molecule has 3 aromatic rings. The second-order valence-electron chi connectivity index (χ2n) is 8.25. The number of hydrogen-bond acceptors (Lipinski definition) is 5. The van der Waals surface area contributed by atoms with E-state index >= 15 is 0 Å². The fourth-order valence-electron chi connectivity index (χ4n) is 4.66. The molecule has 9 heteroatoms. The lowest BCUT2D eigenvalue weighted by atomic mass is 10.0. The number of rotatable bonds is 5. The van der Waals surface area contributed by atoms with E-state index in [2.05, 4.69) is 5.32 Å². The Morgan fingerprint density at radius 1 is 1.09 bits per heavy atom. The van der Waals surface area contributed by atoms with Crippen LogP contribution in [-0.2, 0) is 19.3 Å². The molecule has 1 fully saturated rings. The van der Waals surface area contributed by atoms with E-state index < -0.39 is 22.5 Å². The first-order valence-corrected chi connectivity index (χ1v) is 11.9. The third kappa shape index (κ3) is 3.63. The zero-order valence-electron chi connectivity index (χ0n) is 19.1. The smallest absolute Gasteiger partial charge is 0.269 e.